The molecular weight excluding hydrogens is 367 g/mol. The van der Waals surface area contributed by atoms with Crippen LogP contribution in [-0.2, 0) is 22.7 Å². The lowest BCUT2D eigenvalue weighted by molar-refractivity contribution is -0.137. The molecule has 0 aliphatic carbocycles. The Bertz CT molecular complexity index is 862. The highest BCUT2D eigenvalue weighted by molar-refractivity contribution is 7.89. The van der Waals surface area contributed by atoms with Crippen molar-refractivity contribution in [2.24, 2.45) is 0 Å². The summed E-state index contributed by atoms with van der Waals surface area (Å²) in [5.74, 6) is 0.391. The quantitative estimate of drug-likeness (QED) is 0.856. The van der Waals surface area contributed by atoms with Gasteiger partial charge in [-0.3, -0.25) is 0 Å². The van der Waals surface area contributed by atoms with Crippen LogP contribution >= 0.6 is 0 Å². The lowest BCUT2D eigenvalue weighted by atomic mass is 10.1. The molecule has 0 bridgehead atoms. The third kappa shape index (κ3) is 4.16. The number of halogens is 3. The molecule has 1 aliphatic heterocycles. The standard InChI is InChI=1S/C17H18F3N3O2S/c18-17(19,20)14-5-3-4-13(10-14)11-21-16-7-6-15(12-22-16)26(24,25)23-8-1-2-9-23/h3-7,10,12H,1-2,8-9,11H2,(H,21,22). The van der Waals surface area contributed by atoms with Gasteiger partial charge in [-0.05, 0) is 42.7 Å². The molecule has 0 amide bonds. The van der Waals surface area contributed by atoms with Crippen molar-refractivity contribution in [1.82, 2.24) is 9.29 Å². The first-order valence-corrected chi connectivity index (χ1v) is 9.57. The number of nitrogens with zero attached hydrogens (tertiary/aromatic N) is 2. The molecule has 0 radical (unpaired) electrons. The summed E-state index contributed by atoms with van der Waals surface area (Å²) in [6, 6.07) is 7.97. The van der Waals surface area contributed by atoms with Gasteiger partial charge in [-0.15, -0.1) is 0 Å². The molecule has 0 unspecified atom stereocenters. The SMILES string of the molecule is O=S(=O)(c1ccc(NCc2cccc(C(F)(F)F)c2)nc1)N1CCCC1. The van der Waals surface area contributed by atoms with Gasteiger partial charge in [0.25, 0.3) is 0 Å². The van der Waals surface area contributed by atoms with E-state index >= 15 is 0 Å². The zero-order valence-electron chi connectivity index (χ0n) is 13.8. The Labute approximate surface area is 149 Å². The molecule has 5 nitrogen and oxygen atoms in total. The second-order valence-corrected chi connectivity index (χ2v) is 7.98. The van der Waals surface area contributed by atoms with Gasteiger partial charge in [0.15, 0.2) is 0 Å². The fraction of sp³-hybridized carbons (Fsp3) is 0.353. The van der Waals surface area contributed by atoms with Crippen LogP contribution in [0.25, 0.3) is 0 Å². The molecule has 0 atom stereocenters. The molecule has 0 spiro atoms. The summed E-state index contributed by atoms with van der Waals surface area (Å²) in [6.45, 7) is 1.17. The highest BCUT2D eigenvalue weighted by Crippen LogP contribution is 2.29. The summed E-state index contributed by atoms with van der Waals surface area (Å²) in [4.78, 5) is 4.18. The van der Waals surface area contributed by atoms with Gasteiger partial charge in [-0.25, -0.2) is 13.4 Å². The maximum absolute atomic E-state index is 12.7. The molecule has 0 saturated carbocycles. The molecule has 1 fully saturated rings. The van der Waals surface area contributed by atoms with E-state index in [1.54, 1.807) is 6.07 Å². The lowest BCUT2D eigenvalue weighted by Crippen LogP contribution is -2.27. The summed E-state index contributed by atoms with van der Waals surface area (Å²) in [5.41, 5.74) is -0.257. The Morgan fingerprint density at radius 3 is 2.46 bits per heavy atom. The number of rotatable bonds is 5. The summed E-state index contributed by atoms with van der Waals surface area (Å²) in [7, 11) is -3.53. The Balaban J connectivity index is 1.67. The minimum atomic E-state index is -4.39. The van der Waals surface area contributed by atoms with Crippen LogP contribution in [-0.4, -0.2) is 30.8 Å². The summed E-state index contributed by atoms with van der Waals surface area (Å²) in [6.07, 6.45) is -1.42. The molecule has 1 N–H and O–H groups in total. The fourth-order valence-corrected chi connectivity index (χ4v) is 4.23. The van der Waals surface area contributed by atoms with Crippen molar-refractivity contribution in [2.45, 2.75) is 30.5 Å². The number of aromatic nitrogens is 1. The number of nitrogens with one attached hydrogen (secondary N) is 1. The van der Waals surface area contributed by atoms with Crippen LogP contribution in [0, 0.1) is 0 Å². The second kappa shape index (κ2) is 7.24. The second-order valence-electron chi connectivity index (χ2n) is 6.04. The Kier molecular flexibility index (Phi) is 5.19. The zero-order valence-corrected chi connectivity index (χ0v) is 14.6. The van der Waals surface area contributed by atoms with E-state index in [4.69, 9.17) is 0 Å². The molecular formula is C17H18F3N3O2S. The van der Waals surface area contributed by atoms with E-state index in [2.05, 4.69) is 10.3 Å². The molecule has 140 valence electrons. The summed E-state index contributed by atoms with van der Waals surface area (Å²) < 4.78 is 64.4. The minimum Gasteiger partial charge on any atom is -0.366 e. The van der Waals surface area contributed by atoms with Crippen LogP contribution in [0.5, 0.6) is 0 Å². The van der Waals surface area contributed by atoms with Crippen LogP contribution in [0.3, 0.4) is 0 Å². The first-order chi connectivity index (χ1) is 12.3. The van der Waals surface area contributed by atoms with Crippen LogP contribution in [0.2, 0.25) is 0 Å². The van der Waals surface area contributed by atoms with E-state index in [1.807, 2.05) is 0 Å². The van der Waals surface area contributed by atoms with Crippen molar-refractivity contribution in [3.8, 4) is 0 Å². The first-order valence-electron chi connectivity index (χ1n) is 8.13. The molecule has 26 heavy (non-hydrogen) atoms. The molecule has 2 heterocycles. The van der Waals surface area contributed by atoms with Gasteiger partial charge in [0.2, 0.25) is 10.0 Å². The number of hydrogen-bond acceptors (Lipinski definition) is 4. The highest BCUT2D eigenvalue weighted by Gasteiger charge is 2.30. The van der Waals surface area contributed by atoms with Crippen LogP contribution in [0.1, 0.15) is 24.0 Å². The smallest absolute Gasteiger partial charge is 0.366 e. The van der Waals surface area contributed by atoms with Gasteiger partial charge in [0.05, 0.1) is 5.56 Å². The number of anilines is 1. The number of pyridine rings is 1. The van der Waals surface area contributed by atoms with E-state index < -0.39 is 21.8 Å². The number of alkyl halides is 3. The predicted octanol–water partition coefficient (Wildman–Crippen LogP) is 3.50. The van der Waals surface area contributed by atoms with Crippen LogP contribution in [0.15, 0.2) is 47.5 Å². The summed E-state index contributed by atoms with van der Waals surface area (Å²) in [5, 5.41) is 2.90. The molecule has 3 rings (SSSR count). The van der Waals surface area contributed by atoms with Gasteiger partial charge in [0.1, 0.15) is 10.7 Å². The Morgan fingerprint density at radius 2 is 1.85 bits per heavy atom. The fourth-order valence-electron chi connectivity index (χ4n) is 2.77. The highest BCUT2D eigenvalue weighted by atomic mass is 32.2. The predicted molar refractivity (Wildman–Crippen MR) is 91.0 cm³/mol. The van der Waals surface area contributed by atoms with E-state index in [0.717, 1.165) is 25.0 Å². The molecule has 1 aromatic heterocycles. The molecule has 2 aromatic rings. The van der Waals surface area contributed by atoms with Crippen molar-refractivity contribution < 1.29 is 21.6 Å². The van der Waals surface area contributed by atoms with Gasteiger partial charge in [0, 0.05) is 25.8 Å². The maximum atomic E-state index is 12.7. The van der Waals surface area contributed by atoms with Crippen molar-refractivity contribution in [2.75, 3.05) is 18.4 Å². The van der Waals surface area contributed by atoms with E-state index in [9.17, 15) is 21.6 Å². The minimum absolute atomic E-state index is 0.115. The molecule has 1 aromatic carbocycles. The largest absolute Gasteiger partial charge is 0.416 e. The number of benzene rings is 1. The van der Waals surface area contributed by atoms with E-state index in [0.29, 0.717) is 24.5 Å². The number of sulfonamides is 1. The van der Waals surface area contributed by atoms with Crippen molar-refractivity contribution in [3.63, 3.8) is 0 Å². The number of hydrogen-bond donors (Lipinski definition) is 1. The van der Waals surface area contributed by atoms with Crippen LogP contribution < -0.4 is 5.32 Å². The third-order valence-electron chi connectivity index (χ3n) is 4.17. The summed E-state index contributed by atoms with van der Waals surface area (Å²) >= 11 is 0. The molecule has 1 saturated heterocycles. The first kappa shape index (κ1) is 18.7. The maximum Gasteiger partial charge on any atom is 0.416 e. The Morgan fingerprint density at radius 1 is 1.12 bits per heavy atom. The average molecular weight is 385 g/mol. The third-order valence-corrected chi connectivity index (χ3v) is 6.05. The van der Waals surface area contributed by atoms with Gasteiger partial charge >= 0.3 is 6.18 Å². The van der Waals surface area contributed by atoms with Crippen molar-refractivity contribution in [3.05, 3.63) is 53.7 Å². The topological polar surface area (TPSA) is 62.3 Å². The molecule has 1 aliphatic rings. The Hall–Kier alpha value is -2.13. The zero-order chi connectivity index (χ0) is 18.8. The molecule has 9 heteroatoms. The normalized spacial score (nSPS) is 16.0. The average Bonchev–Trinajstić information content (AvgIpc) is 3.15. The van der Waals surface area contributed by atoms with E-state index in [1.165, 1.54) is 28.7 Å². The van der Waals surface area contributed by atoms with Gasteiger partial charge in [-0.2, -0.15) is 17.5 Å². The monoisotopic (exact) mass is 385 g/mol. The van der Waals surface area contributed by atoms with Gasteiger partial charge < -0.3 is 5.32 Å². The van der Waals surface area contributed by atoms with Crippen molar-refractivity contribution in [1.29, 1.82) is 0 Å². The van der Waals surface area contributed by atoms with Crippen molar-refractivity contribution >= 4 is 15.8 Å². The van der Waals surface area contributed by atoms with E-state index in [-0.39, 0.29) is 11.4 Å². The lowest BCUT2D eigenvalue weighted by Gasteiger charge is -2.15. The van der Waals surface area contributed by atoms with Gasteiger partial charge in [-0.1, -0.05) is 12.1 Å². The van der Waals surface area contributed by atoms with Crippen LogP contribution in [0.4, 0.5) is 19.0 Å².